The minimum Gasteiger partial charge on any atom is -0.383 e. The average molecular weight is 294 g/mol. The molecule has 21 heavy (non-hydrogen) atoms. The lowest BCUT2D eigenvalue weighted by Crippen LogP contribution is -2.38. The third kappa shape index (κ3) is 5.06. The minimum absolute atomic E-state index is 0.0398. The number of nitrogens with zero attached hydrogens (tertiary/aromatic N) is 1. The summed E-state index contributed by atoms with van der Waals surface area (Å²) in [6.07, 6.45) is 3.57. The molecule has 1 aliphatic rings. The molecule has 2 N–H and O–H groups in total. The van der Waals surface area contributed by atoms with E-state index in [1.807, 2.05) is 0 Å². The van der Waals surface area contributed by atoms with Crippen LogP contribution in [-0.2, 0) is 4.74 Å². The van der Waals surface area contributed by atoms with E-state index in [-0.39, 0.29) is 11.9 Å². The van der Waals surface area contributed by atoms with Crippen LogP contribution in [0.1, 0.15) is 37.8 Å². The summed E-state index contributed by atoms with van der Waals surface area (Å²) >= 11 is 0. The van der Waals surface area contributed by atoms with Crippen LogP contribution >= 0.6 is 0 Å². The van der Waals surface area contributed by atoms with Crippen LogP contribution in [0.3, 0.4) is 0 Å². The van der Waals surface area contributed by atoms with Gasteiger partial charge in [-0.1, -0.05) is 12.1 Å². The summed E-state index contributed by atoms with van der Waals surface area (Å²) in [5.74, 6) is 0.624. The van der Waals surface area contributed by atoms with Gasteiger partial charge in [-0.3, -0.25) is 4.90 Å². The molecule has 1 fully saturated rings. The van der Waals surface area contributed by atoms with Crippen LogP contribution in [0.25, 0.3) is 0 Å². The zero-order valence-corrected chi connectivity index (χ0v) is 13.1. The Labute approximate surface area is 127 Å². The third-order valence-electron chi connectivity index (χ3n) is 4.49. The Kier molecular flexibility index (Phi) is 6.15. The smallest absolute Gasteiger partial charge is 0.123 e. The molecule has 0 bridgehead atoms. The molecule has 1 aliphatic carbocycles. The van der Waals surface area contributed by atoms with Crippen molar-refractivity contribution in [3.05, 3.63) is 35.6 Å². The van der Waals surface area contributed by atoms with Gasteiger partial charge >= 0.3 is 0 Å². The van der Waals surface area contributed by atoms with E-state index in [1.54, 1.807) is 19.2 Å². The second-order valence-corrected chi connectivity index (χ2v) is 6.05. The number of rotatable bonds is 9. The SMILES string of the molecule is COCCN(CCC(N)c1ccc(F)cc1)C(C)C1CC1. The lowest BCUT2D eigenvalue weighted by atomic mass is 10.0. The van der Waals surface area contributed by atoms with Crippen molar-refractivity contribution in [2.24, 2.45) is 11.7 Å². The Bertz CT molecular complexity index is 419. The Balaban J connectivity index is 1.85. The summed E-state index contributed by atoms with van der Waals surface area (Å²) in [6.45, 7) is 4.96. The van der Waals surface area contributed by atoms with Crippen molar-refractivity contribution in [2.45, 2.75) is 38.3 Å². The number of hydrogen-bond donors (Lipinski definition) is 1. The van der Waals surface area contributed by atoms with Crippen LogP contribution in [0, 0.1) is 11.7 Å². The van der Waals surface area contributed by atoms with Gasteiger partial charge in [0.15, 0.2) is 0 Å². The molecule has 2 unspecified atom stereocenters. The summed E-state index contributed by atoms with van der Waals surface area (Å²) in [5, 5.41) is 0. The average Bonchev–Trinajstić information content (AvgIpc) is 3.32. The normalized spacial score (nSPS) is 18.0. The molecular weight excluding hydrogens is 267 g/mol. The Morgan fingerprint density at radius 2 is 1.95 bits per heavy atom. The molecule has 0 aromatic heterocycles. The van der Waals surface area contributed by atoms with Gasteiger partial charge in [-0.05, 0) is 49.8 Å². The first kappa shape index (κ1) is 16.4. The maximum atomic E-state index is 12.9. The summed E-state index contributed by atoms with van der Waals surface area (Å²) in [4.78, 5) is 2.48. The summed E-state index contributed by atoms with van der Waals surface area (Å²) in [5.41, 5.74) is 7.24. The molecule has 2 rings (SSSR count). The van der Waals surface area contributed by atoms with Gasteiger partial charge in [0.2, 0.25) is 0 Å². The van der Waals surface area contributed by atoms with Gasteiger partial charge in [-0.15, -0.1) is 0 Å². The highest BCUT2D eigenvalue weighted by atomic mass is 19.1. The summed E-state index contributed by atoms with van der Waals surface area (Å²) in [7, 11) is 1.74. The van der Waals surface area contributed by atoms with Crippen LogP contribution in [0.15, 0.2) is 24.3 Å². The highest BCUT2D eigenvalue weighted by Crippen LogP contribution is 2.35. The molecule has 4 heteroatoms. The quantitative estimate of drug-likeness (QED) is 0.761. The fourth-order valence-electron chi connectivity index (χ4n) is 2.79. The van der Waals surface area contributed by atoms with E-state index < -0.39 is 0 Å². The van der Waals surface area contributed by atoms with Gasteiger partial charge in [0.05, 0.1) is 6.61 Å². The van der Waals surface area contributed by atoms with Crippen molar-refractivity contribution >= 4 is 0 Å². The molecule has 2 atom stereocenters. The topological polar surface area (TPSA) is 38.5 Å². The van der Waals surface area contributed by atoms with E-state index in [2.05, 4.69) is 11.8 Å². The number of methoxy groups -OCH3 is 1. The molecule has 1 aromatic rings. The molecule has 0 radical (unpaired) electrons. The van der Waals surface area contributed by atoms with E-state index in [4.69, 9.17) is 10.5 Å². The lowest BCUT2D eigenvalue weighted by Gasteiger charge is -2.30. The van der Waals surface area contributed by atoms with Crippen LogP contribution in [0.2, 0.25) is 0 Å². The molecule has 0 amide bonds. The van der Waals surface area contributed by atoms with Gasteiger partial charge in [0.25, 0.3) is 0 Å². The number of hydrogen-bond acceptors (Lipinski definition) is 3. The first-order valence-electron chi connectivity index (χ1n) is 7.86. The summed E-state index contributed by atoms with van der Waals surface area (Å²) < 4.78 is 18.2. The molecule has 0 saturated heterocycles. The van der Waals surface area contributed by atoms with Gasteiger partial charge in [0, 0.05) is 32.3 Å². The predicted molar refractivity (Wildman–Crippen MR) is 83.6 cm³/mol. The van der Waals surface area contributed by atoms with Crippen LogP contribution < -0.4 is 5.73 Å². The Hall–Kier alpha value is -0.970. The maximum absolute atomic E-state index is 12.9. The number of nitrogens with two attached hydrogens (primary N) is 1. The molecule has 0 aliphatic heterocycles. The molecule has 1 saturated carbocycles. The van der Waals surface area contributed by atoms with Crippen LogP contribution in [0.5, 0.6) is 0 Å². The lowest BCUT2D eigenvalue weighted by molar-refractivity contribution is 0.114. The number of halogens is 1. The van der Waals surface area contributed by atoms with Crippen molar-refractivity contribution in [1.82, 2.24) is 4.90 Å². The first-order valence-corrected chi connectivity index (χ1v) is 7.86. The Morgan fingerprint density at radius 3 is 2.52 bits per heavy atom. The van der Waals surface area contributed by atoms with Gasteiger partial charge in [-0.2, -0.15) is 0 Å². The molecule has 0 heterocycles. The van der Waals surface area contributed by atoms with E-state index in [0.29, 0.717) is 6.04 Å². The van der Waals surface area contributed by atoms with Gasteiger partial charge in [0.1, 0.15) is 5.82 Å². The highest BCUT2D eigenvalue weighted by Gasteiger charge is 2.31. The van der Waals surface area contributed by atoms with E-state index in [1.165, 1.54) is 25.0 Å². The van der Waals surface area contributed by atoms with Crippen LogP contribution in [0.4, 0.5) is 4.39 Å². The molecule has 1 aromatic carbocycles. The van der Waals surface area contributed by atoms with E-state index in [0.717, 1.165) is 37.6 Å². The summed E-state index contributed by atoms with van der Waals surface area (Å²) in [6, 6.07) is 7.07. The van der Waals surface area contributed by atoms with Crippen molar-refractivity contribution in [2.75, 3.05) is 26.8 Å². The number of benzene rings is 1. The molecular formula is C17H27FN2O. The zero-order valence-electron chi connectivity index (χ0n) is 13.1. The van der Waals surface area contributed by atoms with Crippen molar-refractivity contribution in [3.8, 4) is 0 Å². The standard InChI is InChI=1S/C17H27FN2O/c1-13(14-3-4-14)20(11-12-21-2)10-9-17(19)15-5-7-16(18)8-6-15/h5-8,13-14,17H,3-4,9-12,19H2,1-2H3. The van der Waals surface area contributed by atoms with Crippen LogP contribution in [-0.4, -0.2) is 37.7 Å². The fraction of sp³-hybridized carbons (Fsp3) is 0.647. The Morgan fingerprint density at radius 1 is 1.29 bits per heavy atom. The second kappa shape index (κ2) is 7.87. The van der Waals surface area contributed by atoms with E-state index >= 15 is 0 Å². The molecule has 0 spiro atoms. The number of ether oxygens (including phenoxy) is 1. The predicted octanol–water partition coefficient (Wildman–Crippen LogP) is 2.96. The van der Waals surface area contributed by atoms with Crippen molar-refractivity contribution < 1.29 is 9.13 Å². The third-order valence-corrected chi connectivity index (χ3v) is 4.49. The first-order chi connectivity index (χ1) is 10.1. The monoisotopic (exact) mass is 294 g/mol. The van der Waals surface area contributed by atoms with E-state index in [9.17, 15) is 4.39 Å². The highest BCUT2D eigenvalue weighted by molar-refractivity contribution is 5.19. The van der Waals surface area contributed by atoms with Crippen molar-refractivity contribution in [3.63, 3.8) is 0 Å². The maximum Gasteiger partial charge on any atom is 0.123 e. The molecule has 118 valence electrons. The minimum atomic E-state index is -0.213. The second-order valence-electron chi connectivity index (χ2n) is 6.05. The van der Waals surface area contributed by atoms with Crippen molar-refractivity contribution in [1.29, 1.82) is 0 Å². The fourth-order valence-corrected chi connectivity index (χ4v) is 2.79. The zero-order chi connectivity index (χ0) is 15.2. The van der Waals surface area contributed by atoms with Gasteiger partial charge < -0.3 is 10.5 Å². The molecule has 3 nitrogen and oxygen atoms in total. The largest absolute Gasteiger partial charge is 0.383 e. The van der Waals surface area contributed by atoms with Gasteiger partial charge in [-0.25, -0.2) is 4.39 Å².